The Kier molecular flexibility index (Phi) is 6.31. The molecule has 0 spiro atoms. The molecule has 0 saturated carbocycles. The highest BCUT2D eigenvalue weighted by Crippen LogP contribution is 2.38. The summed E-state index contributed by atoms with van der Waals surface area (Å²) in [6.07, 6.45) is -4.24. The zero-order valence-corrected chi connectivity index (χ0v) is 16.6. The number of anilines is 2. The second-order valence-corrected chi connectivity index (χ2v) is 7.48. The van der Waals surface area contributed by atoms with Crippen LogP contribution in [0.2, 0.25) is 0 Å². The molecule has 2 aromatic rings. The van der Waals surface area contributed by atoms with Gasteiger partial charge in [-0.2, -0.15) is 13.2 Å². The van der Waals surface area contributed by atoms with Crippen molar-refractivity contribution in [2.75, 3.05) is 37.3 Å². The van der Waals surface area contributed by atoms with Crippen LogP contribution in [0.15, 0.2) is 30.8 Å². The molecule has 158 valence electrons. The van der Waals surface area contributed by atoms with Crippen molar-refractivity contribution in [2.45, 2.75) is 38.2 Å². The van der Waals surface area contributed by atoms with Gasteiger partial charge in [0.1, 0.15) is 12.0 Å². The van der Waals surface area contributed by atoms with Crippen LogP contribution in [0.4, 0.5) is 29.1 Å². The SMILES string of the molecule is C=C(c1nc(NCCC)cc2c(N[C@H]3CCN(C)C[C@H]3F)cccc12)C(F)(F)F. The summed E-state index contributed by atoms with van der Waals surface area (Å²) in [5.41, 5.74) is -0.613. The summed E-state index contributed by atoms with van der Waals surface area (Å²) in [5.74, 6) is 0.342. The second kappa shape index (κ2) is 8.57. The van der Waals surface area contributed by atoms with Crippen molar-refractivity contribution in [3.63, 3.8) is 0 Å². The van der Waals surface area contributed by atoms with E-state index >= 15 is 0 Å². The number of piperidine rings is 1. The number of nitrogens with one attached hydrogen (secondary N) is 2. The van der Waals surface area contributed by atoms with Crippen molar-refractivity contribution in [3.8, 4) is 0 Å². The summed E-state index contributed by atoms with van der Waals surface area (Å²) in [4.78, 5) is 6.10. The van der Waals surface area contributed by atoms with Gasteiger partial charge in [-0.1, -0.05) is 25.6 Å². The molecule has 1 fully saturated rings. The largest absolute Gasteiger partial charge is 0.417 e. The molecule has 4 nitrogen and oxygen atoms in total. The van der Waals surface area contributed by atoms with E-state index in [-0.39, 0.29) is 5.69 Å². The van der Waals surface area contributed by atoms with E-state index in [4.69, 9.17) is 0 Å². The minimum atomic E-state index is -4.59. The van der Waals surface area contributed by atoms with E-state index in [0.29, 0.717) is 41.8 Å². The first-order valence-corrected chi connectivity index (χ1v) is 9.74. The van der Waals surface area contributed by atoms with Crippen molar-refractivity contribution in [3.05, 3.63) is 36.5 Å². The highest BCUT2D eigenvalue weighted by molar-refractivity contribution is 6.01. The quantitative estimate of drug-likeness (QED) is 0.651. The van der Waals surface area contributed by atoms with E-state index in [0.717, 1.165) is 13.0 Å². The topological polar surface area (TPSA) is 40.2 Å². The van der Waals surface area contributed by atoms with Gasteiger partial charge in [0.25, 0.3) is 0 Å². The maximum atomic E-state index is 14.5. The summed E-state index contributed by atoms with van der Waals surface area (Å²) in [6.45, 7) is 6.84. The monoisotopic (exact) mass is 410 g/mol. The number of allylic oxidation sites excluding steroid dienone is 1. The number of halogens is 4. The van der Waals surface area contributed by atoms with Crippen LogP contribution in [0, 0.1) is 0 Å². The van der Waals surface area contributed by atoms with Gasteiger partial charge < -0.3 is 15.5 Å². The van der Waals surface area contributed by atoms with Gasteiger partial charge in [0, 0.05) is 36.1 Å². The van der Waals surface area contributed by atoms with Crippen molar-refractivity contribution in [1.82, 2.24) is 9.88 Å². The first-order valence-electron chi connectivity index (χ1n) is 9.74. The molecule has 2 atom stereocenters. The molecule has 1 aliphatic rings. The number of nitrogens with zero attached hydrogens (tertiary/aromatic N) is 2. The normalized spacial score (nSPS) is 20.6. The predicted octanol–water partition coefficient (Wildman–Crippen LogP) is 5.09. The third-order valence-corrected chi connectivity index (χ3v) is 5.14. The fraction of sp³-hybridized carbons (Fsp3) is 0.476. The lowest BCUT2D eigenvalue weighted by Gasteiger charge is -2.33. The Bertz CT molecular complexity index is 881. The van der Waals surface area contributed by atoms with Crippen LogP contribution in [0.1, 0.15) is 25.5 Å². The first-order chi connectivity index (χ1) is 13.7. The number of alkyl halides is 4. The van der Waals surface area contributed by atoms with E-state index in [2.05, 4.69) is 22.2 Å². The Morgan fingerprint density at radius 3 is 2.72 bits per heavy atom. The number of hydrogen-bond acceptors (Lipinski definition) is 4. The lowest BCUT2D eigenvalue weighted by molar-refractivity contribution is -0.0688. The molecule has 29 heavy (non-hydrogen) atoms. The van der Waals surface area contributed by atoms with E-state index in [1.54, 1.807) is 24.3 Å². The lowest BCUT2D eigenvalue weighted by Crippen LogP contribution is -2.46. The smallest absolute Gasteiger partial charge is 0.379 e. The summed E-state index contributed by atoms with van der Waals surface area (Å²) in [7, 11) is 1.87. The average molecular weight is 410 g/mol. The number of pyridine rings is 1. The van der Waals surface area contributed by atoms with Crippen LogP contribution in [0.25, 0.3) is 16.3 Å². The Balaban J connectivity index is 2.06. The zero-order valence-electron chi connectivity index (χ0n) is 16.6. The number of likely N-dealkylation sites (tertiary alicyclic amines) is 1. The van der Waals surface area contributed by atoms with Gasteiger partial charge in [0.05, 0.1) is 17.3 Å². The van der Waals surface area contributed by atoms with E-state index in [1.807, 2.05) is 18.9 Å². The van der Waals surface area contributed by atoms with Crippen LogP contribution in [-0.4, -0.2) is 55.0 Å². The summed E-state index contributed by atoms with van der Waals surface area (Å²) in [5, 5.41) is 7.16. The Morgan fingerprint density at radius 1 is 1.31 bits per heavy atom. The first kappa shape index (κ1) is 21.4. The fourth-order valence-corrected chi connectivity index (χ4v) is 3.53. The number of hydrogen-bond donors (Lipinski definition) is 2. The Morgan fingerprint density at radius 2 is 2.07 bits per heavy atom. The van der Waals surface area contributed by atoms with E-state index in [9.17, 15) is 17.6 Å². The number of aromatic nitrogens is 1. The molecule has 2 heterocycles. The highest BCUT2D eigenvalue weighted by atomic mass is 19.4. The molecule has 8 heteroatoms. The highest BCUT2D eigenvalue weighted by Gasteiger charge is 2.35. The van der Waals surface area contributed by atoms with Crippen LogP contribution < -0.4 is 10.6 Å². The molecule has 0 aliphatic carbocycles. The molecule has 0 amide bonds. The van der Waals surface area contributed by atoms with Crippen molar-refractivity contribution < 1.29 is 17.6 Å². The number of benzene rings is 1. The molecule has 0 unspecified atom stereocenters. The predicted molar refractivity (Wildman–Crippen MR) is 110 cm³/mol. The van der Waals surface area contributed by atoms with E-state index in [1.165, 1.54) is 0 Å². The Labute approximate surface area is 168 Å². The van der Waals surface area contributed by atoms with Gasteiger partial charge in [-0.05, 0) is 32.0 Å². The van der Waals surface area contributed by atoms with Gasteiger partial charge in [0.15, 0.2) is 0 Å². The van der Waals surface area contributed by atoms with Crippen LogP contribution in [-0.2, 0) is 0 Å². The fourth-order valence-electron chi connectivity index (χ4n) is 3.53. The Hall–Kier alpha value is -2.35. The summed E-state index contributed by atoms with van der Waals surface area (Å²) in [6, 6.07) is 6.32. The van der Waals surface area contributed by atoms with Gasteiger partial charge >= 0.3 is 6.18 Å². The molecule has 2 N–H and O–H groups in total. The molecular formula is C21H26F4N4. The van der Waals surface area contributed by atoms with Gasteiger partial charge in [-0.15, -0.1) is 0 Å². The molecule has 1 aliphatic heterocycles. The number of fused-ring (bicyclic) bond motifs is 1. The molecule has 3 rings (SSSR count). The van der Waals surface area contributed by atoms with Gasteiger partial charge in [-0.3, -0.25) is 0 Å². The van der Waals surface area contributed by atoms with Crippen molar-refractivity contribution >= 4 is 27.9 Å². The molecule has 0 bridgehead atoms. The van der Waals surface area contributed by atoms with Gasteiger partial charge in [-0.25, -0.2) is 9.37 Å². The van der Waals surface area contributed by atoms with Crippen molar-refractivity contribution in [1.29, 1.82) is 0 Å². The van der Waals surface area contributed by atoms with E-state index < -0.39 is 24.0 Å². The standard InChI is InChI=1S/C21H26F4N4/c1-4-9-26-19-11-15-14(20(28-19)13(2)21(23,24)25)6-5-7-17(15)27-18-8-10-29(3)12-16(18)22/h5-7,11,16,18,27H,2,4,8-10,12H2,1,3H3,(H,26,28)/t16-,18+/m1/s1. The maximum absolute atomic E-state index is 14.5. The maximum Gasteiger partial charge on any atom is 0.417 e. The van der Waals surface area contributed by atoms with Crippen LogP contribution in [0.3, 0.4) is 0 Å². The minimum absolute atomic E-state index is 0.211. The van der Waals surface area contributed by atoms with Crippen LogP contribution >= 0.6 is 0 Å². The van der Waals surface area contributed by atoms with Crippen molar-refractivity contribution in [2.24, 2.45) is 0 Å². The summed E-state index contributed by atoms with van der Waals surface area (Å²) >= 11 is 0. The zero-order chi connectivity index (χ0) is 21.2. The average Bonchev–Trinajstić information content (AvgIpc) is 2.67. The molecule has 0 radical (unpaired) electrons. The van der Waals surface area contributed by atoms with Crippen LogP contribution in [0.5, 0.6) is 0 Å². The lowest BCUT2D eigenvalue weighted by atomic mass is 10.00. The summed E-state index contributed by atoms with van der Waals surface area (Å²) < 4.78 is 54.6. The molecular weight excluding hydrogens is 384 g/mol. The molecule has 1 aromatic heterocycles. The molecule has 1 aromatic carbocycles. The third kappa shape index (κ3) is 4.80. The van der Waals surface area contributed by atoms with Gasteiger partial charge in [0.2, 0.25) is 0 Å². The number of rotatable bonds is 6. The third-order valence-electron chi connectivity index (χ3n) is 5.14. The molecule has 1 saturated heterocycles. The minimum Gasteiger partial charge on any atom is -0.379 e. The second-order valence-electron chi connectivity index (χ2n) is 7.48.